The third-order valence-electron chi connectivity index (χ3n) is 5.44. The Labute approximate surface area is 146 Å². The van der Waals surface area contributed by atoms with Crippen LogP contribution < -0.4 is 4.90 Å². The van der Waals surface area contributed by atoms with E-state index < -0.39 is 5.54 Å². The Balaban J connectivity index is 1.66. The number of amides is 2. The predicted molar refractivity (Wildman–Crippen MR) is 94.4 cm³/mol. The summed E-state index contributed by atoms with van der Waals surface area (Å²) in [6.07, 6.45) is 6.35. The van der Waals surface area contributed by atoms with Gasteiger partial charge in [0, 0.05) is 25.0 Å². The van der Waals surface area contributed by atoms with E-state index in [1.165, 1.54) is 11.8 Å². The number of carbonyl (C=O) groups is 2. The zero-order valence-electron chi connectivity index (χ0n) is 14.4. The SMILES string of the molecule is Cc1ccc(N2CCCC3(CCCN3C(=O)c3cn[nH]c3)C2=O)cc1. The number of aromatic amines is 1. The molecule has 3 heterocycles. The van der Waals surface area contributed by atoms with Crippen molar-refractivity contribution in [2.75, 3.05) is 18.0 Å². The van der Waals surface area contributed by atoms with Crippen molar-refractivity contribution in [1.82, 2.24) is 15.1 Å². The van der Waals surface area contributed by atoms with Crippen molar-refractivity contribution in [3.05, 3.63) is 47.8 Å². The van der Waals surface area contributed by atoms with E-state index in [9.17, 15) is 9.59 Å². The molecule has 4 rings (SSSR count). The monoisotopic (exact) mass is 338 g/mol. The molecular formula is C19H22N4O2. The summed E-state index contributed by atoms with van der Waals surface area (Å²) in [5, 5.41) is 6.55. The average Bonchev–Trinajstić information content (AvgIpc) is 3.29. The van der Waals surface area contributed by atoms with Crippen molar-refractivity contribution >= 4 is 17.5 Å². The molecule has 1 atom stereocenters. The van der Waals surface area contributed by atoms with E-state index in [0.29, 0.717) is 18.7 Å². The van der Waals surface area contributed by atoms with Gasteiger partial charge in [0.05, 0.1) is 11.8 Å². The maximum atomic E-state index is 13.4. The minimum absolute atomic E-state index is 0.0527. The van der Waals surface area contributed by atoms with Crippen molar-refractivity contribution in [3.8, 4) is 0 Å². The second-order valence-corrected chi connectivity index (χ2v) is 6.97. The third-order valence-corrected chi connectivity index (χ3v) is 5.44. The Morgan fingerprint density at radius 1 is 1.16 bits per heavy atom. The Hall–Kier alpha value is -2.63. The molecule has 1 spiro atoms. The van der Waals surface area contributed by atoms with Gasteiger partial charge in [-0.2, -0.15) is 5.10 Å². The molecule has 1 aromatic heterocycles. The molecule has 1 N–H and O–H groups in total. The first-order valence-electron chi connectivity index (χ1n) is 8.81. The van der Waals surface area contributed by atoms with Gasteiger partial charge in [-0.15, -0.1) is 0 Å². The van der Waals surface area contributed by atoms with Gasteiger partial charge in [-0.1, -0.05) is 17.7 Å². The van der Waals surface area contributed by atoms with Gasteiger partial charge in [-0.3, -0.25) is 14.7 Å². The molecule has 0 bridgehead atoms. The van der Waals surface area contributed by atoms with E-state index in [2.05, 4.69) is 10.2 Å². The van der Waals surface area contributed by atoms with Crippen molar-refractivity contribution in [2.45, 2.75) is 38.1 Å². The highest BCUT2D eigenvalue weighted by atomic mass is 16.2. The number of hydrogen-bond acceptors (Lipinski definition) is 3. The molecule has 25 heavy (non-hydrogen) atoms. The molecule has 6 nitrogen and oxygen atoms in total. The minimum Gasteiger partial charge on any atom is -0.324 e. The first-order valence-corrected chi connectivity index (χ1v) is 8.81. The maximum absolute atomic E-state index is 13.4. The number of nitrogens with zero attached hydrogens (tertiary/aromatic N) is 3. The number of carbonyl (C=O) groups excluding carboxylic acids is 2. The molecule has 2 aliphatic rings. The van der Waals surface area contributed by atoms with Gasteiger partial charge < -0.3 is 9.80 Å². The number of anilines is 1. The fourth-order valence-corrected chi connectivity index (χ4v) is 4.14. The lowest BCUT2D eigenvalue weighted by Crippen LogP contribution is -2.61. The quantitative estimate of drug-likeness (QED) is 0.915. The van der Waals surface area contributed by atoms with Crippen LogP contribution in [-0.2, 0) is 4.79 Å². The van der Waals surface area contributed by atoms with Gasteiger partial charge in [0.25, 0.3) is 11.8 Å². The van der Waals surface area contributed by atoms with Crippen LogP contribution in [0.3, 0.4) is 0 Å². The van der Waals surface area contributed by atoms with E-state index in [-0.39, 0.29) is 11.8 Å². The number of piperidine rings is 1. The number of rotatable bonds is 2. The Kier molecular flexibility index (Phi) is 3.82. The van der Waals surface area contributed by atoms with Crippen LogP contribution >= 0.6 is 0 Å². The fraction of sp³-hybridized carbons (Fsp3) is 0.421. The summed E-state index contributed by atoms with van der Waals surface area (Å²) in [5.74, 6) is -0.0534. The molecule has 2 saturated heterocycles. The summed E-state index contributed by atoms with van der Waals surface area (Å²) in [6.45, 7) is 3.36. The maximum Gasteiger partial charge on any atom is 0.257 e. The third kappa shape index (κ3) is 2.52. The van der Waals surface area contributed by atoms with Crippen LogP contribution in [0.25, 0.3) is 0 Å². The second-order valence-electron chi connectivity index (χ2n) is 6.97. The summed E-state index contributed by atoms with van der Waals surface area (Å²) in [7, 11) is 0. The number of benzene rings is 1. The van der Waals surface area contributed by atoms with Crippen molar-refractivity contribution in [3.63, 3.8) is 0 Å². The smallest absolute Gasteiger partial charge is 0.257 e. The molecule has 6 heteroatoms. The summed E-state index contributed by atoms with van der Waals surface area (Å²) in [4.78, 5) is 30.0. The van der Waals surface area contributed by atoms with Crippen LogP contribution in [0.15, 0.2) is 36.7 Å². The molecule has 0 radical (unpaired) electrons. The molecule has 1 unspecified atom stereocenters. The van der Waals surface area contributed by atoms with Crippen LogP contribution in [0, 0.1) is 6.92 Å². The van der Waals surface area contributed by atoms with Gasteiger partial charge >= 0.3 is 0 Å². The standard InChI is InChI=1S/C19H22N4O2/c1-14-4-6-16(7-5-14)22-10-2-8-19(18(22)25)9-3-11-23(19)17(24)15-12-20-21-13-15/h4-7,12-13H,2-3,8-11H2,1H3,(H,20,21). The lowest BCUT2D eigenvalue weighted by molar-refractivity contribution is -0.130. The van der Waals surface area contributed by atoms with Gasteiger partial charge in [-0.05, 0) is 44.7 Å². The van der Waals surface area contributed by atoms with Crippen LogP contribution in [0.5, 0.6) is 0 Å². The predicted octanol–water partition coefficient (Wildman–Crippen LogP) is 2.52. The Bertz CT molecular complexity index is 784. The molecule has 130 valence electrons. The topological polar surface area (TPSA) is 69.3 Å². The lowest BCUT2D eigenvalue weighted by Gasteiger charge is -2.44. The number of hydrogen-bond donors (Lipinski definition) is 1. The number of aryl methyl sites for hydroxylation is 1. The molecule has 2 aromatic rings. The molecule has 0 saturated carbocycles. The van der Waals surface area contributed by atoms with E-state index in [4.69, 9.17) is 0 Å². The van der Waals surface area contributed by atoms with Crippen LogP contribution in [0.4, 0.5) is 5.69 Å². The molecule has 0 aliphatic carbocycles. The normalized spacial score (nSPS) is 23.5. The van der Waals surface area contributed by atoms with Gasteiger partial charge in [0.2, 0.25) is 0 Å². The number of H-pyrrole nitrogens is 1. The van der Waals surface area contributed by atoms with E-state index in [0.717, 1.165) is 31.4 Å². The van der Waals surface area contributed by atoms with Crippen molar-refractivity contribution in [1.29, 1.82) is 0 Å². The summed E-state index contributed by atoms with van der Waals surface area (Å²) in [5.41, 5.74) is 1.89. The highest BCUT2D eigenvalue weighted by Crippen LogP contribution is 2.40. The highest BCUT2D eigenvalue weighted by Gasteiger charge is 2.53. The molecular weight excluding hydrogens is 316 g/mol. The zero-order valence-corrected chi connectivity index (χ0v) is 14.4. The van der Waals surface area contributed by atoms with Gasteiger partial charge in [-0.25, -0.2) is 0 Å². The molecule has 2 fully saturated rings. The first kappa shape index (κ1) is 15.9. The van der Waals surface area contributed by atoms with Gasteiger partial charge in [0.15, 0.2) is 0 Å². The minimum atomic E-state index is -0.711. The lowest BCUT2D eigenvalue weighted by atomic mass is 9.84. The van der Waals surface area contributed by atoms with Crippen molar-refractivity contribution in [2.24, 2.45) is 0 Å². The van der Waals surface area contributed by atoms with E-state index >= 15 is 0 Å². The molecule has 1 aromatic carbocycles. The highest BCUT2D eigenvalue weighted by molar-refractivity contribution is 6.05. The van der Waals surface area contributed by atoms with Crippen LogP contribution in [0.1, 0.15) is 41.6 Å². The summed E-state index contributed by atoms with van der Waals surface area (Å²) in [6, 6.07) is 8.02. The van der Waals surface area contributed by atoms with E-state index in [1.807, 2.05) is 36.1 Å². The number of likely N-dealkylation sites (tertiary alicyclic amines) is 1. The van der Waals surface area contributed by atoms with Crippen LogP contribution in [-0.4, -0.2) is 45.5 Å². The molecule has 2 amide bonds. The number of aromatic nitrogens is 2. The fourth-order valence-electron chi connectivity index (χ4n) is 4.14. The van der Waals surface area contributed by atoms with E-state index in [1.54, 1.807) is 11.1 Å². The number of nitrogens with one attached hydrogen (secondary N) is 1. The second kappa shape index (κ2) is 6.02. The molecule has 2 aliphatic heterocycles. The Morgan fingerprint density at radius 3 is 2.56 bits per heavy atom. The first-order chi connectivity index (χ1) is 12.1. The van der Waals surface area contributed by atoms with Crippen molar-refractivity contribution < 1.29 is 9.59 Å². The zero-order chi connectivity index (χ0) is 17.4. The summed E-state index contributed by atoms with van der Waals surface area (Å²) < 4.78 is 0. The largest absolute Gasteiger partial charge is 0.324 e. The average molecular weight is 338 g/mol. The summed E-state index contributed by atoms with van der Waals surface area (Å²) >= 11 is 0. The van der Waals surface area contributed by atoms with Gasteiger partial charge in [0.1, 0.15) is 5.54 Å². The Morgan fingerprint density at radius 2 is 1.88 bits per heavy atom. The van der Waals surface area contributed by atoms with Crippen LogP contribution in [0.2, 0.25) is 0 Å².